The third-order valence-corrected chi connectivity index (χ3v) is 2.73. The van der Waals surface area contributed by atoms with Gasteiger partial charge in [-0.25, -0.2) is 0 Å². The van der Waals surface area contributed by atoms with Crippen LogP contribution >= 0.6 is 0 Å². The first-order chi connectivity index (χ1) is 8.58. The summed E-state index contributed by atoms with van der Waals surface area (Å²) in [6.45, 7) is 3.39. The van der Waals surface area contributed by atoms with Crippen LogP contribution in [-0.2, 0) is 0 Å². The Kier molecular flexibility index (Phi) is 3.28. The van der Waals surface area contributed by atoms with E-state index >= 15 is 0 Å². The number of carbonyl (C=O) groups is 2. The maximum absolute atomic E-state index is 11.9. The molecule has 0 spiro atoms. The Labute approximate surface area is 105 Å². The molecule has 92 valence electrons. The molecule has 0 aliphatic heterocycles. The number of H-pyrrole nitrogens is 1. The van der Waals surface area contributed by atoms with Crippen molar-refractivity contribution in [1.29, 1.82) is 0 Å². The van der Waals surface area contributed by atoms with Crippen LogP contribution < -0.4 is 5.32 Å². The molecule has 18 heavy (non-hydrogen) atoms. The highest BCUT2D eigenvalue weighted by Gasteiger charge is 2.11. The van der Waals surface area contributed by atoms with Crippen molar-refractivity contribution in [2.24, 2.45) is 0 Å². The molecule has 0 aliphatic rings. The summed E-state index contributed by atoms with van der Waals surface area (Å²) in [6.07, 6.45) is 1.54. The number of rotatable bonds is 3. The van der Waals surface area contributed by atoms with E-state index in [1.165, 1.54) is 13.1 Å². The topological polar surface area (TPSA) is 62.0 Å². The lowest BCUT2D eigenvalue weighted by atomic mass is 10.2. The van der Waals surface area contributed by atoms with Gasteiger partial charge in [0.25, 0.3) is 5.91 Å². The summed E-state index contributed by atoms with van der Waals surface area (Å²) in [5, 5.41) is 2.80. The van der Waals surface area contributed by atoms with Gasteiger partial charge in [-0.05, 0) is 31.5 Å². The normalized spacial score (nSPS) is 10.1. The van der Waals surface area contributed by atoms with Gasteiger partial charge in [-0.1, -0.05) is 18.2 Å². The predicted octanol–water partition coefficient (Wildman–Crippen LogP) is 2.78. The van der Waals surface area contributed by atoms with E-state index in [9.17, 15) is 9.59 Å². The lowest BCUT2D eigenvalue weighted by Crippen LogP contribution is -2.13. The minimum Gasteiger partial charge on any atom is -0.356 e. The highest BCUT2D eigenvalue weighted by molar-refractivity contribution is 6.05. The molecular weight excluding hydrogens is 228 g/mol. The van der Waals surface area contributed by atoms with Gasteiger partial charge >= 0.3 is 0 Å². The number of nitrogens with one attached hydrogen (secondary N) is 2. The average molecular weight is 242 g/mol. The lowest BCUT2D eigenvalue weighted by molar-refractivity contribution is 0.101. The summed E-state index contributed by atoms with van der Waals surface area (Å²) in [5.74, 6) is -0.321. The molecule has 0 atom stereocenters. The fourth-order valence-electron chi connectivity index (χ4n) is 1.63. The molecule has 0 aliphatic carbocycles. The summed E-state index contributed by atoms with van der Waals surface area (Å²) >= 11 is 0. The van der Waals surface area contributed by atoms with Gasteiger partial charge in [0.2, 0.25) is 0 Å². The first-order valence-corrected chi connectivity index (χ1v) is 5.64. The van der Waals surface area contributed by atoms with Gasteiger partial charge in [-0.2, -0.15) is 0 Å². The van der Waals surface area contributed by atoms with E-state index in [0.717, 1.165) is 11.3 Å². The number of benzene rings is 1. The smallest absolute Gasteiger partial charge is 0.272 e. The molecule has 0 saturated heterocycles. The van der Waals surface area contributed by atoms with Crippen molar-refractivity contribution in [2.75, 3.05) is 5.32 Å². The first kappa shape index (κ1) is 12.1. The van der Waals surface area contributed by atoms with Gasteiger partial charge in [-0.3, -0.25) is 9.59 Å². The molecule has 2 rings (SSSR count). The number of aryl methyl sites for hydroxylation is 1. The molecule has 1 heterocycles. The summed E-state index contributed by atoms with van der Waals surface area (Å²) in [7, 11) is 0. The molecule has 1 aromatic heterocycles. The summed E-state index contributed by atoms with van der Waals surface area (Å²) in [5.41, 5.74) is 2.64. The van der Waals surface area contributed by atoms with Crippen LogP contribution in [0.5, 0.6) is 0 Å². The van der Waals surface area contributed by atoms with E-state index in [0.29, 0.717) is 11.3 Å². The number of carbonyl (C=O) groups excluding carboxylic acids is 2. The van der Waals surface area contributed by atoms with Gasteiger partial charge in [0.15, 0.2) is 5.78 Å². The third-order valence-electron chi connectivity index (χ3n) is 2.73. The van der Waals surface area contributed by atoms with Crippen LogP contribution in [0.25, 0.3) is 0 Å². The van der Waals surface area contributed by atoms with E-state index < -0.39 is 0 Å². The number of para-hydroxylation sites is 1. The van der Waals surface area contributed by atoms with Crippen LogP contribution in [0.3, 0.4) is 0 Å². The number of aromatic nitrogens is 1. The zero-order valence-electron chi connectivity index (χ0n) is 10.3. The standard InChI is InChI=1S/C14H14N2O2/c1-9-5-3-4-6-12(9)16-14(18)13-7-11(8-15-13)10(2)17/h3-8,15H,1-2H3,(H,16,18). The van der Waals surface area contributed by atoms with Gasteiger partial charge in [-0.15, -0.1) is 0 Å². The minimum absolute atomic E-state index is 0.0683. The average Bonchev–Trinajstić information content (AvgIpc) is 2.81. The fourth-order valence-corrected chi connectivity index (χ4v) is 1.63. The van der Waals surface area contributed by atoms with E-state index in [4.69, 9.17) is 0 Å². The van der Waals surface area contributed by atoms with Crippen molar-refractivity contribution in [2.45, 2.75) is 13.8 Å². The maximum Gasteiger partial charge on any atom is 0.272 e. The Morgan fingerprint density at radius 2 is 1.94 bits per heavy atom. The molecule has 0 fully saturated rings. The van der Waals surface area contributed by atoms with Crippen LogP contribution in [-0.4, -0.2) is 16.7 Å². The zero-order chi connectivity index (χ0) is 13.1. The molecule has 0 radical (unpaired) electrons. The zero-order valence-corrected chi connectivity index (χ0v) is 10.3. The van der Waals surface area contributed by atoms with Gasteiger partial charge < -0.3 is 10.3 Å². The summed E-state index contributed by atoms with van der Waals surface area (Å²) in [4.78, 5) is 25.9. The van der Waals surface area contributed by atoms with Gasteiger partial charge in [0, 0.05) is 17.4 Å². The monoisotopic (exact) mass is 242 g/mol. The Morgan fingerprint density at radius 3 is 2.56 bits per heavy atom. The van der Waals surface area contributed by atoms with E-state index in [1.54, 1.807) is 6.07 Å². The minimum atomic E-state index is -0.253. The van der Waals surface area contributed by atoms with Crippen LogP contribution in [0.15, 0.2) is 36.5 Å². The van der Waals surface area contributed by atoms with Crippen LogP contribution in [0, 0.1) is 6.92 Å². The summed E-state index contributed by atoms with van der Waals surface area (Å²) < 4.78 is 0. The van der Waals surface area contributed by atoms with Crippen LogP contribution in [0.4, 0.5) is 5.69 Å². The van der Waals surface area contributed by atoms with Crippen molar-refractivity contribution in [1.82, 2.24) is 4.98 Å². The van der Waals surface area contributed by atoms with Crippen molar-refractivity contribution in [3.63, 3.8) is 0 Å². The van der Waals surface area contributed by atoms with E-state index in [-0.39, 0.29) is 11.7 Å². The third kappa shape index (κ3) is 2.48. The quantitative estimate of drug-likeness (QED) is 0.813. The number of ketones is 1. The molecule has 4 heteroatoms. The van der Waals surface area contributed by atoms with Crippen LogP contribution in [0.2, 0.25) is 0 Å². The number of amides is 1. The number of anilines is 1. The Morgan fingerprint density at radius 1 is 1.22 bits per heavy atom. The highest BCUT2D eigenvalue weighted by atomic mass is 16.2. The van der Waals surface area contributed by atoms with Crippen molar-refractivity contribution < 1.29 is 9.59 Å². The SMILES string of the molecule is CC(=O)c1c[nH]c(C(=O)Nc2ccccc2C)c1. The number of Topliss-reactive ketones (excluding diaryl/α,β-unsaturated/α-hetero) is 1. The number of hydrogen-bond acceptors (Lipinski definition) is 2. The lowest BCUT2D eigenvalue weighted by Gasteiger charge is -2.06. The van der Waals surface area contributed by atoms with E-state index in [1.807, 2.05) is 31.2 Å². The molecule has 1 aromatic carbocycles. The molecule has 4 nitrogen and oxygen atoms in total. The molecule has 0 unspecified atom stereocenters. The number of hydrogen-bond donors (Lipinski definition) is 2. The first-order valence-electron chi connectivity index (χ1n) is 5.64. The molecule has 0 bridgehead atoms. The Hall–Kier alpha value is -2.36. The van der Waals surface area contributed by atoms with Gasteiger partial charge in [0.05, 0.1) is 0 Å². The maximum atomic E-state index is 11.9. The predicted molar refractivity (Wildman–Crippen MR) is 69.9 cm³/mol. The summed E-state index contributed by atoms with van der Waals surface area (Å²) in [6, 6.07) is 9.08. The second-order valence-corrected chi connectivity index (χ2v) is 4.13. The second-order valence-electron chi connectivity index (χ2n) is 4.13. The highest BCUT2D eigenvalue weighted by Crippen LogP contribution is 2.14. The fraction of sp³-hybridized carbons (Fsp3) is 0.143. The van der Waals surface area contributed by atoms with Gasteiger partial charge in [0.1, 0.15) is 5.69 Å². The number of aromatic amines is 1. The molecule has 2 N–H and O–H groups in total. The molecular formula is C14H14N2O2. The van der Waals surface area contributed by atoms with Crippen molar-refractivity contribution >= 4 is 17.4 Å². The van der Waals surface area contributed by atoms with Crippen molar-refractivity contribution in [3.8, 4) is 0 Å². The Bertz CT molecular complexity index is 599. The molecule has 1 amide bonds. The van der Waals surface area contributed by atoms with Crippen molar-refractivity contribution in [3.05, 3.63) is 53.3 Å². The second kappa shape index (κ2) is 4.87. The molecule has 0 saturated carbocycles. The van der Waals surface area contributed by atoms with E-state index in [2.05, 4.69) is 10.3 Å². The molecule has 2 aromatic rings. The Balaban J connectivity index is 2.17. The largest absolute Gasteiger partial charge is 0.356 e. The van der Waals surface area contributed by atoms with Crippen LogP contribution in [0.1, 0.15) is 33.3 Å².